The zero-order valence-corrected chi connectivity index (χ0v) is 19.8. The number of hydrogen-bond donors (Lipinski definition) is 1. The number of rotatable bonds is 7. The van der Waals surface area contributed by atoms with Crippen LogP contribution >= 0.6 is 35.6 Å². The number of thiocarbonyl (C=S) groups is 1. The SMILES string of the molecule is O=C(Cc1ccccc1)NN1C(=O)C(=Cc2cccc(OCc3ccc(Cl)cc3)c2)SC1=S. The van der Waals surface area contributed by atoms with Gasteiger partial charge in [0.05, 0.1) is 11.3 Å². The molecule has 3 aromatic rings. The minimum absolute atomic E-state index is 0.157. The van der Waals surface area contributed by atoms with Gasteiger partial charge in [0.25, 0.3) is 5.91 Å². The van der Waals surface area contributed by atoms with E-state index in [1.54, 1.807) is 6.08 Å². The lowest BCUT2D eigenvalue weighted by atomic mass is 10.1. The third-order valence-corrected chi connectivity index (χ3v) is 6.27. The van der Waals surface area contributed by atoms with Crippen LogP contribution < -0.4 is 10.2 Å². The van der Waals surface area contributed by atoms with E-state index in [-0.39, 0.29) is 22.6 Å². The molecule has 1 heterocycles. The molecule has 8 heteroatoms. The number of carbonyl (C=O) groups excluding carboxylic acids is 2. The monoisotopic (exact) mass is 494 g/mol. The number of hydrazine groups is 1. The summed E-state index contributed by atoms with van der Waals surface area (Å²) in [5.41, 5.74) is 5.25. The lowest BCUT2D eigenvalue weighted by Crippen LogP contribution is -2.45. The molecule has 1 aliphatic heterocycles. The molecule has 0 atom stereocenters. The molecule has 1 saturated heterocycles. The van der Waals surface area contributed by atoms with Gasteiger partial charge in [0.1, 0.15) is 12.4 Å². The zero-order chi connectivity index (χ0) is 23.2. The second kappa shape index (κ2) is 10.7. The highest BCUT2D eigenvalue weighted by Gasteiger charge is 2.33. The zero-order valence-electron chi connectivity index (χ0n) is 17.4. The number of nitrogens with zero attached hydrogens (tertiary/aromatic N) is 1. The average Bonchev–Trinajstić information content (AvgIpc) is 3.07. The fourth-order valence-corrected chi connectivity index (χ4v) is 4.41. The van der Waals surface area contributed by atoms with Crippen molar-refractivity contribution in [3.63, 3.8) is 0 Å². The van der Waals surface area contributed by atoms with Crippen molar-refractivity contribution in [1.29, 1.82) is 0 Å². The molecule has 0 bridgehead atoms. The van der Waals surface area contributed by atoms with Crippen molar-refractivity contribution < 1.29 is 14.3 Å². The van der Waals surface area contributed by atoms with Crippen LogP contribution in [-0.4, -0.2) is 21.1 Å². The Morgan fingerprint density at radius 1 is 1.03 bits per heavy atom. The summed E-state index contributed by atoms with van der Waals surface area (Å²) in [6, 6.07) is 24.2. The molecule has 0 radical (unpaired) electrons. The molecule has 0 aliphatic carbocycles. The van der Waals surface area contributed by atoms with E-state index in [4.69, 9.17) is 28.6 Å². The molecule has 5 nitrogen and oxygen atoms in total. The number of benzene rings is 3. The fourth-order valence-electron chi connectivity index (χ4n) is 3.10. The standard InChI is InChI=1S/C25H19ClN2O3S2/c26-20-11-9-18(10-12-20)16-31-21-8-4-7-19(13-21)14-22-24(30)28(25(32)33-22)27-23(29)15-17-5-2-1-3-6-17/h1-14H,15-16H2,(H,27,29). The number of ether oxygens (including phenoxy) is 1. The van der Waals surface area contributed by atoms with Crippen LogP contribution in [-0.2, 0) is 22.6 Å². The van der Waals surface area contributed by atoms with E-state index in [0.29, 0.717) is 22.3 Å². The largest absolute Gasteiger partial charge is 0.489 e. The third-order valence-electron chi connectivity index (χ3n) is 4.71. The van der Waals surface area contributed by atoms with Crippen molar-refractivity contribution in [2.45, 2.75) is 13.0 Å². The maximum absolute atomic E-state index is 12.8. The van der Waals surface area contributed by atoms with Gasteiger partial charge >= 0.3 is 0 Å². The highest BCUT2D eigenvalue weighted by Crippen LogP contribution is 2.32. The first kappa shape index (κ1) is 23.0. The summed E-state index contributed by atoms with van der Waals surface area (Å²) in [5.74, 6) is 0.000543. The van der Waals surface area contributed by atoms with Gasteiger partial charge in [-0.25, -0.2) is 0 Å². The molecular formula is C25H19ClN2O3S2. The number of nitrogens with one attached hydrogen (secondary N) is 1. The average molecular weight is 495 g/mol. The fraction of sp³-hybridized carbons (Fsp3) is 0.0800. The van der Waals surface area contributed by atoms with Crippen molar-refractivity contribution in [2.24, 2.45) is 0 Å². The van der Waals surface area contributed by atoms with Gasteiger partial charge in [0.2, 0.25) is 5.91 Å². The highest BCUT2D eigenvalue weighted by atomic mass is 35.5. The highest BCUT2D eigenvalue weighted by molar-refractivity contribution is 8.26. The van der Waals surface area contributed by atoms with Crippen molar-refractivity contribution in [1.82, 2.24) is 10.4 Å². The predicted molar refractivity (Wildman–Crippen MR) is 136 cm³/mol. The van der Waals surface area contributed by atoms with Crippen LogP contribution in [0.4, 0.5) is 0 Å². The summed E-state index contributed by atoms with van der Waals surface area (Å²) >= 11 is 12.4. The summed E-state index contributed by atoms with van der Waals surface area (Å²) in [6.45, 7) is 0.399. The quantitative estimate of drug-likeness (QED) is 0.352. The third kappa shape index (κ3) is 6.22. The summed E-state index contributed by atoms with van der Waals surface area (Å²) < 4.78 is 6.14. The Balaban J connectivity index is 1.40. The van der Waals surface area contributed by atoms with E-state index in [1.165, 1.54) is 0 Å². The van der Waals surface area contributed by atoms with Crippen LogP contribution in [0.2, 0.25) is 5.02 Å². The Kier molecular flexibility index (Phi) is 7.44. The van der Waals surface area contributed by atoms with Crippen molar-refractivity contribution >= 4 is 57.8 Å². The lowest BCUT2D eigenvalue weighted by Gasteiger charge is -2.15. The molecule has 166 valence electrons. The number of halogens is 1. The molecule has 0 spiro atoms. The van der Waals surface area contributed by atoms with E-state index >= 15 is 0 Å². The lowest BCUT2D eigenvalue weighted by molar-refractivity contribution is -0.132. The molecule has 3 aromatic carbocycles. The number of thioether (sulfide) groups is 1. The smallest absolute Gasteiger partial charge is 0.285 e. The minimum Gasteiger partial charge on any atom is -0.489 e. The van der Waals surface area contributed by atoms with Crippen LogP contribution in [0.3, 0.4) is 0 Å². The number of carbonyl (C=O) groups is 2. The number of hydrogen-bond acceptors (Lipinski definition) is 5. The summed E-state index contributed by atoms with van der Waals surface area (Å²) in [7, 11) is 0. The molecule has 0 aromatic heterocycles. The normalized spacial score (nSPS) is 14.6. The van der Waals surface area contributed by atoms with Gasteiger partial charge in [-0.3, -0.25) is 15.0 Å². The summed E-state index contributed by atoms with van der Waals surface area (Å²) in [6.07, 6.45) is 1.89. The topological polar surface area (TPSA) is 58.6 Å². The van der Waals surface area contributed by atoms with Gasteiger partial charge in [0.15, 0.2) is 4.32 Å². The van der Waals surface area contributed by atoms with E-state index in [2.05, 4.69) is 5.43 Å². The predicted octanol–water partition coefficient (Wildman–Crippen LogP) is 5.39. The van der Waals surface area contributed by atoms with Crippen molar-refractivity contribution in [2.75, 3.05) is 0 Å². The van der Waals surface area contributed by atoms with E-state index in [9.17, 15) is 9.59 Å². The summed E-state index contributed by atoms with van der Waals surface area (Å²) in [4.78, 5) is 25.6. The minimum atomic E-state index is -0.362. The van der Waals surface area contributed by atoms with Crippen LogP contribution in [0.15, 0.2) is 83.8 Å². The Hall–Kier alpha value is -3.13. The van der Waals surface area contributed by atoms with Gasteiger partial charge in [-0.1, -0.05) is 78.0 Å². The van der Waals surface area contributed by atoms with E-state index < -0.39 is 0 Å². The van der Waals surface area contributed by atoms with E-state index in [0.717, 1.165) is 33.5 Å². The van der Waals surface area contributed by atoms with Crippen LogP contribution in [0.25, 0.3) is 6.08 Å². The van der Waals surface area contributed by atoms with Crippen LogP contribution in [0.5, 0.6) is 5.75 Å². The molecule has 0 saturated carbocycles. The Bertz CT molecular complexity index is 1210. The molecule has 4 rings (SSSR count). The second-order valence-corrected chi connectivity index (χ2v) is 9.31. The Morgan fingerprint density at radius 2 is 1.79 bits per heavy atom. The van der Waals surface area contributed by atoms with Crippen LogP contribution in [0, 0.1) is 0 Å². The van der Waals surface area contributed by atoms with Gasteiger partial charge in [-0.15, -0.1) is 0 Å². The number of amides is 2. The maximum Gasteiger partial charge on any atom is 0.285 e. The Labute approximate surface area is 206 Å². The molecule has 1 fully saturated rings. The van der Waals surface area contributed by atoms with E-state index in [1.807, 2.05) is 78.9 Å². The maximum atomic E-state index is 12.8. The molecule has 33 heavy (non-hydrogen) atoms. The van der Waals surface area contributed by atoms with Crippen molar-refractivity contribution in [3.05, 3.63) is 105 Å². The molecule has 0 unspecified atom stereocenters. The molecule has 1 aliphatic rings. The first-order valence-corrected chi connectivity index (χ1v) is 11.7. The Morgan fingerprint density at radius 3 is 2.55 bits per heavy atom. The van der Waals surface area contributed by atoms with Crippen molar-refractivity contribution in [3.8, 4) is 5.75 Å². The molecule has 1 N–H and O–H groups in total. The summed E-state index contributed by atoms with van der Waals surface area (Å²) in [5, 5.41) is 1.80. The second-order valence-electron chi connectivity index (χ2n) is 7.20. The van der Waals surface area contributed by atoms with Gasteiger partial charge in [-0.05, 0) is 59.2 Å². The molecule has 2 amide bonds. The first-order valence-electron chi connectivity index (χ1n) is 10.1. The van der Waals surface area contributed by atoms with Gasteiger partial charge in [-0.2, -0.15) is 5.01 Å². The van der Waals surface area contributed by atoms with Gasteiger partial charge < -0.3 is 4.74 Å². The first-order chi connectivity index (χ1) is 16.0. The van der Waals surface area contributed by atoms with Crippen LogP contribution in [0.1, 0.15) is 16.7 Å². The van der Waals surface area contributed by atoms with Gasteiger partial charge in [0, 0.05) is 5.02 Å². The molecular weight excluding hydrogens is 476 g/mol.